The summed E-state index contributed by atoms with van der Waals surface area (Å²) >= 11 is 0. The zero-order valence-corrected chi connectivity index (χ0v) is 21.1. The number of guanidine groups is 1. The molecule has 1 amide bonds. The molecule has 3 rings (SSSR count). The second-order valence-corrected chi connectivity index (χ2v) is 7.52. The van der Waals surface area contributed by atoms with Crippen molar-refractivity contribution >= 4 is 41.5 Å². The number of nitrogens with zero attached hydrogens (tertiary/aromatic N) is 2. The van der Waals surface area contributed by atoms with Crippen LogP contribution in [0.25, 0.3) is 0 Å². The van der Waals surface area contributed by atoms with Gasteiger partial charge in [-0.25, -0.2) is 0 Å². The lowest BCUT2D eigenvalue weighted by molar-refractivity contribution is 0.0951. The Morgan fingerprint density at radius 1 is 1.06 bits per heavy atom. The van der Waals surface area contributed by atoms with E-state index in [0.717, 1.165) is 35.7 Å². The first-order valence-corrected chi connectivity index (χ1v) is 10.4. The van der Waals surface area contributed by atoms with Crippen LogP contribution in [0.1, 0.15) is 22.3 Å². The van der Waals surface area contributed by atoms with Crippen LogP contribution in [0.2, 0.25) is 0 Å². The van der Waals surface area contributed by atoms with Gasteiger partial charge in [0.1, 0.15) is 0 Å². The van der Waals surface area contributed by atoms with E-state index in [9.17, 15) is 4.79 Å². The highest BCUT2D eigenvalue weighted by Gasteiger charge is 2.11. The Morgan fingerprint density at radius 3 is 2.59 bits per heavy atom. The lowest BCUT2D eigenvalue weighted by atomic mass is 10.1. The molecule has 0 aliphatic carbocycles. The van der Waals surface area contributed by atoms with E-state index in [-0.39, 0.29) is 29.9 Å². The van der Waals surface area contributed by atoms with Gasteiger partial charge in [0.25, 0.3) is 5.91 Å². The van der Waals surface area contributed by atoms with Crippen LogP contribution in [-0.4, -0.2) is 64.2 Å². The highest BCUT2D eigenvalue weighted by atomic mass is 127. The van der Waals surface area contributed by atoms with E-state index in [1.54, 1.807) is 7.05 Å². The first-order chi connectivity index (χ1) is 15.0. The van der Waals surface area contributed by atoms with Crippen LogP contribution in [-0.2, 0) is 6.54 Å². The van der Waals surface area contributed by atoms with Gasteiger partial charge in [-0.15, -0.1) is 24.0 Å². The number of anilines is 1. The molecule has 9 heteroatoms. The molecule has 2 aromatic carbocycles. The maximum absolute atomic E-state index is 12.3. The van der Waals surface area contributed by atoms with Gasteiger partial charge in [-0.05, 0) is 43.9 Å². The average Bonchev–Trinajstić information content (AvgIpc) is 3.01. The second kappa shape index (κ2) is 13.1. The van der Waals surface area contributed by atoms with Gasteiger partial charge in [-0.2, -0.15) is 0 Å². The molecular weight excluding hydrogens is 521 g/mol. The first-order valence-electron chi connectivity index (χ1n) is 10.4. The average molecular weight is 553 g/mol. The molecule has 0 unspecified atom stereocenters. The molecule has 0 saturated heterocycles. The number of ether oxygens (including phenoxy) is 2. The fraction of sp³-hybridized carbons (Fsp3) is 0.391. The molecule has 2 aromatic rings. The molecular formula is C23H32IN5O3. The van der Waals surface area contributed by atoms with E-state index in [1.807, 2.05) is 61.5 Å². The van der Waals surface area contributed by atoms with Crippen LogP contribution >= 0.6 is 24.0 Å². The van der Waals surface area contributed by atoms with E-state index in [2.05, 4.69) is 20.9 Å². The van der Waals surface area contributed by atoms with E-state index in [0.29, 0.717) is 37.8 Å². The van der Waals surface area contributed by atoms with Crippen molar-refractivity contribution < 1.29 is 14.3 Å². The Hall–Kier alpha value is -2.53. The van der Waals surface area contributed by atoms with E-state index in [4.69, 9.17) is 9.47 Å². The number of amides is 1. The number of carbonyl (C=O) groups excluding carboxylic acids is 1. The maximum Gasteiger partial charge on any atom is 0.251 e. The van der Waals surface area contributed by atoms with Crippen molar-refractivity contribution in [1.82, 2.24) is 15.5 Å². The minimum absolute atomic E-state index is 0. The summed E-state index contributed by atoms with van der Waals surface area (Å²) in [5.74, 6) is 2.03. The third-order valence-corrected chi connectivity index (χ3v) is 4.73. The Bertz CT molecular complexity index is 920. The van der Waals surface area contributed by atoms with Gasteiger partial charge in [-0.1, -0.05) is 12.1 Å². The third-order valence-electron chi connectivity index (χ3n) is 4.73. The van der Waals surface area contributed by atoms with Gasteiger partial charge >= 0.3 is 0 Å². The summed E-state index contributed by atoms with van der Waals surface area (Å²) in [7, 11) is 5.67. The van der Waals surface area contributed by atoms with E-state index < -0.39 is 0 Å². The molecule has 0 aromatic heterocycles. The molecule has 0 radical (unpaired) electrons. The molecule has 1 aliphatic heterocycles. The number of nitrogens with one attached hydrogen (secondary N) is 3. The van der Waals surface area contributed by atoms with Crippen molar-refractivity contribution in [3.63, 3.8) is 0 Å². The summed E-state index contributed by atoms with van der Waals surface area (Å²) in [5.41, 5.74) is 2.48. The van der Waals surface area contributed by atoms with Gasteiger partial charge in [0.05, 0.1) is 13.2 Å². The van der Waals surface area contributed by atoms with Gasteiger partial charge in [0.15, 0.2) is 17.5 Å². The molecule has 174 valence electrons. The van der Waals surface area contributed by atoms with Crippen LogP contribution in [0.15, 0.2) is 47.5 Å². The van der Waals surface area contributed by atoms with Gasteiger partial charge in [0, 0.05) is 50.4 Å². The second-order valence-electron chi connectivity index (χ2n) is 7.52. The number of likely N-dealkylation sites (N-methyl/N-ethyl adjacent to an activating group) is 1. The molecule has 0 bridgehead atoms. The molecule has 32 heavy (non-hydrogen) atoms. The molecule has 8 nitrogen and oxygen atoms in total. The van der Waals surface area contributed by atoms with Crippen molar-refractivity contribution in [1.29, 1.82) is 0 Å². The highest BCUT2D eigenvalue weighted by Crippen LogP contribution is 2.32. The van der Waals surface area contributed by atoms with E-state index >= 15 is 0 Å². The molecule has 0 fully saturated rings. The Labute approximate surface area is 206 Å². The molecule has 0 spiro atoms. The largest absolute Gasteiger partial charge is 0.490 e. The minimum atomic E-state index is -0.0709. The molecule has 1 heterocycles. The van der Waals surface area contributed by atoms with Crippen LogP contribution in [0.5, 0.6) is 11.5 Å². The number of aliphatic imine (C=N–C) groups is 1. The molecule has 3 N–H and O–H groups in total. The van der Waals surface area contributed by atoms with Gasteiger partial charge in [-0.3, -0.25) is 9.79 Å². The summed E-state index contributed by atoms with van der Waals surface area (Å²) in [6.45, 7) is 3.25. The monoisotopic (exact) mass is 553 g/mol. The lowest BCUT2D eigenvalue weighted by Crippen LogP contribution is -2.32. The fourth-order valence-corrected chi connectivity index (χ4v) is 3.06. The molecule has 0 saturated carbocycles. The van der Waals surface area contributed by atoms with Gasteiger partial charge < -0.3 is 30.3 Å². The van der Waals surface area contributed by atoms with Crippen molar-refractivity contribution in [2.45, 2.75) is 13.0 Å². The summed E-state index contributed by atoms with van der Waals surface area (Å²) in [4.78, 5) is 18.7. The predicted octanol–water partition coefficient (Wildman–Crippen LogP) is 2.94. The lowest BCUT2D eigenvalue weighted by Gasteiger charge is -2.14. The van der Waals surface area contributed by atoms with Crippen LogP contribution < -0.4 is 25.4 Å². The highest BCUT2D eigenvalue weighted by molar-refractivity contribution is 14.0. The number of hydrogen-bond acceptors (Lipinski definition) is 5. The van der Waals surface area contributed by atoms with Crippen LogP contribution in [0, 0.1) is 0 Å². The van der Waals surface area contributed by atoms with Crippen molar-refractivity contribution in [3.05, 3.63) is 53.6 Å². The number of carbonyl (C=O) groups is 1. The van der Waals surface area contributed by atoms with Crippen LogP contribution in [0.3, 0.4) is 0 Å². The smallest absolute Gasteiger partial charge is 0.251 e. The Morgan fingerprint density at radius 2 is 1.84 bits per heavy atom. The fourth-order valence-electron chi connectivity index (χ4n) is 3.06. The normalized spacial score (nSPS) is 13.1. The van der Waals surface area contributed by atoms with Crippen molar-refractivity contribution in [2.24, 2.45) is 4.99 Å². The first kappa shape index (κ1) is 25.7. The summed E-state index contributed by atoms with van der Waals surface area (Å²) in [5, 5.41) is 9.48. The number of rotatable bonds is 7. The van der Waals surface area contributed by atoms with E-state index in [1.165, 1.54) is 0 Å². The Balaban J connectivity index is 0.00000363. The molecule has 1 aliphatic rings. The third kappa shape index (κ3) is 7.86. The Kier molecular flexibility index (Phi) is 10.5. The number of fused-ring (bicyclic) bond motifs is 1. The van der Waals surface area contributed by atoms with Gasteiger partial charge in [0.2, 0.25) is 0 Å². The van der Waals surface area contributed by atoms with Crippen LogP contribution in [0.4, 0.5) is 5.69 Å². The predicted molar refractivity (Wildman–Crippen MR) is 139 cm³/mol. The minimum Gasteiger partial charge on any atom is -0.490 e. The zero-order valence-electron chi connectivity index (χ0n) is 18.8. The number of halogens is 1. The molecule has 0 atom stereocenters. The standard InChI is InChI=1S/C23H31N5O3.HI/c1-24-23(27-19-8-9-20-21(15-19)31-13-5-12-30-20)26-16-17-6-4-7-18(14-17)22(29)25-10-11-28(2)3;/h4,6-9,14-15H,5,10-13,16H2,1-3H3,(H,25,29)(H2,24,26,27);1H. The zero-order chi connectivity index (χ0) is 22.1. The number of benzene rings is 2. The SMILES string of the molecule is CN=C(NCc1cccc(C(=O)NCCN(C)C)c1)Nc1ccc2c(c1)OCCCO2.I. The van der Waals surface area contributed by atoms with Crippen molar-refractivity contribution in [3.8, 4) is 11.5 Å². The maximum atomic E-state index is 12.3. The summed E-state index contributed by atoms with van der Waals surface area (Å²) in [6.07, 6.45) is 0.868. The summed E-state index contributed by atoms with van der Waals surface area (Å²) < 4.78 is 11.4. The van der Waals surface area contributed by atoms with Crippen molar-refractivity contribution in [2.75, 3.05) is 52.8 Å². The summed E-state index contributed by atoms with van der Waals surface area (Å²) in [6, 6.07) is 13.3. The quantitative estimate of drug-likeness (QED) is 0.278. The topological polar surface area (TPSA) is 87.2 Å². The number of hydrogen-bond donors (Lipinski definition) is 3.